The maximum atomic E-state index is 13.0. The highest BCUT2D eigenvalue weighted by molar-refractivity contribution is 5.96. The number of benzene rings is 3. The van der Waals surface area contributed by atoms with Crippen molar-refractivity contribution in [3.63, 3.8) is 0 Å². The summed E-state index contributed by atoms with van der Waals surface area (Å²) in [7, 11) is 0. The summed E-state index contributed by atoms with van der Waals surface area (Å²) in [6.07, 6.45) is 1.21. The third-order valence-corrected chi connectivity index (χ3v) is 6.89. The molecule has 1 saturated carbocycles. The van der Waals surface area contributed by atoms with Crippen molar-refractivity contribution >= 4 is 17.9 Å². The number of aromatic nitrogens is 2. The minimum atomic E-state index is -1.18. The predicted molar refractivity (Wildman–Crippen MR) is 135 cm³/mol. The van der Waals surface area contributed by atoms with Gasteiger partial charge >= 0.3 is 12.1 Å². The molecule has 0 radical (unpaired) electrons. The lowest BCUT2D eigenvalue weighted by Crippen LogP contribution is -2.21. The summed E-state index contributed by atoms with van der Waals surface area (Å²) < 4.78 is 7.49. The highest BCUT2D eigenvalue weighted by Crippen LogP contribution is 2.45. The maximum absolute atomic E-state index is 13.0. The Hall–Kier alpha value is -4.39. The van der Waals surface area contributed by atoms with Crippen LogP contribution in [0.4, 0.5) is 10.6 Å². The second-order valence-corrected chi connectivity index (χ2v) is 9.27. The van der Waals surface area contributed by atoms with E-state index in [-0.39, 0.29) is 30.0 Å². The summed E-state index contributed by atoms with van der Waals surface area (Å²) in [4.78, 5) is 29.4. The molecule has 4 aromatic rings. The van der Waals surface area contributed by atoms with E-state index in [9.17, 15) is 14.7 Å². The fraction of sp³-hybridized carbons (Fsp3) is 0.207. The molecule has 6 rings (SSSR count). The number of carbonyl (C=O) groups is 2. The van der Waals surface area contributed by atoms with Crippen molar-refractivity contribution in [2.45, 2.75) is 31.2 Å². The Morgan fingerprint density at radius 3 is 2.14 bits per heavy atom. The van der Waals surface area contributed by atoms with Crippen molar-refractivity contribution in [3.8, 4) is 11.1 Å². The molecule has 7 heteroatoms. The van der Waals surface area contributed by atoms with Crippen LogP contribution in [0.3, 0.4) is 0 Å². The maximum Gasteiger partial charge on any atom is 0.412 e. The molecule has 2 aliphatic rings. The minimum Gasteiger partial charge on any atom is -0.476 e. The normalized spacial score (nSPS) is 14.2. The van der Waals surface area contributed by atoms with Crippen LogP contribution in [-0.2, 0) is 11.3 Å². The number of hydrogen-bond acceptors (Lipinski definition) is 4. The molecule has 1 fully saturated rings. The van der Waals surface area contributed by atoms with Gasteiger partial charge in [-0.15, -0.1) is 0 Å². The standard InChI is InChI=1S/C29H25N3O4/c33-28(34)25-27(32(26(30-25)19-14-15-19)16-18-8-2-1-3-9-18)31-29(35)36-17-24-22-12-6-4-10-20(22)21-11-5-7-13-23(21)24/h1-13,19,24H,14-17H2,(H,31,35)(H,33,34). The van der Waals surface area contributed by atoms with E-state index < -0.39 is 12.1 Å². The second-order valence-electron chi connectivity index (χ2n) is 9.27. The zero-order valence-electron chi connectivity index (χ0n) is 19.6. The highest BCUT2D eigenvalue weighted by atomic mass is 16.5. The number of imidazole rings is 1. The number of carboxylic acids is 1. The number of fused-ring (bicyclic) bond motifs is 3. The van der Waals surface area contributed by atoms with Gasteiger partial charge in [-0.05, 0) is 40.7 Å². The van der Waals surface area contributed by atoms with Crippen LogP contribution in [0.15, 0.2) is 78.9 Å². The average molecular weight is 480 g/mol. The van der Waals surface area contributed by atoms with Gasteiger partial charge < -0.3 is 14.4 Å². The molecule has 180 valence electrons. The van der Waals surface area contributed by atoms with Gasteiger partial charge in [-0.2, -0.15) is 0 Å². The highest BCUT2D eigenvalue weighted by Gasteiger charge is 2.34. The van der Waals surface area contributed by atoms with Gasteiger partial charge in [-0.1, -0.05) is 78.9 Å². The van der Waals surface area contributed by atoms with Crippen molar-refractivity contribution in [2.75, 3.05) is 11.9 Å². The van der Waals surface area contributed by atoms with Gasteiger partial charge in [0, 0.05) is 11.8 Å². The quantitative estimate of drug-likeness (QED) is 0.346. The van der Waals surface area contributed by atoms with Gasteiger partial charge in [-0.3, -0.25) is 5.32 Å². The van der Waals surface area contributed by atoms with Crippen LogP contribution in [0.2, 0.25) is 0 Å². The number of carbonyl (C=O) groups excluding carboxylic acids is 1. The number of amides is 1. The van der Waals surface area contributed by atoms with Crippen LogP contribution in [-0.4, -0.2) is 33.3 Å². The summed E-state index contributed by atoms with van der Waals surface area (Å²) in [5.74, 6) is -0.225. The van der Waals surface area contributed by atoms with Crippen molar-refractivity contribution in [1.29, 1.82) is 0 Å². The van der Waals surface area contributed by atoms with E-state index in [1.54, 1.807) is 4.57 Å². The molecule has 2 aliphatic carbocycles. The molecule has 1 heterocycles. The Morgan fingerprint density at radius 2 is 1.53 bits per heavy atom. The largest absolute Gasteiger partial charge is 0.476 e. The molecule has 2 N–H and O–H groups in total. The van der Waals surface area contributed by atoms with Crippen molar-refractivity contribution in [1.82, 2.24) is 9.55 Å². The first-order chi connectivity index (χ1) is 17.6. The van der Waals surface area contributed by atoms with E-state index in [0.29, 0.717) is 12.4 Å². The molecule has 1 aromatic heterocycles. The third-order valence-electron chi connectivity index (χ3n) is 6.89. The fourth-order valence-electron chi connectivity index (χ4n) is 5.06. The van der Waals surface area contributed by atoms with Gasteiger partial charge in [-0.25, -0.2) is 14.6 Å². The van der Waals surface area contributed by atoms with E-state index in [1.165, 1.54) is 0 Å². The van der Waals surface area contributed by atoms with Crippen LogP contribution in [0.25, 0.3) is 11.1 Å². The first-order valence-electron chi connectivity index (χ1n) is 12.1. The Bertz CT molecular complexity index is 1410. The molecule has 0 atom stereocenters. The van der Waals surface area contributed by atoms with Gasteiger partial charge in [0.15, 0.2) is 11.5 Å². The van der Waals surface area contributed by atoms with Gasteiger partial charge in [0.05, 0.1) is 6.54 Å². The molecule has 36 heavy (non-hydrogen) atoms. The summed E-state index contributed by atoms with van der Waals surface area (Å²) in [6, 6.07) is 26.0. The fourth-order valence-corrected chi connectivity index (χ4v) is 5.06. The van der Waals surface area contributed by atoms with Gasteiger partial charge in [0.25, 0.3) is 0 Å². The van der Waals surface area contributed by atoms with Crippen molar-refractivity contribution in [3.05, 3.63) is 107 Å². The molecule has 0 bridgehead atoms. The summed E-state index contributed by atoms with van der Waals surface area (Å²) in [6.45, 7) is 0.552. The number of aromatic carboxylic acids is 1. The third kappa shape index (κ3) is 4.02. The van der Waals surface area contributed by atoms with E-state index in [0.717, 1.165) is 40.7 Å². The van der Waals surface area contributed by atoms with E-state index in [2.05, 4.69) is 34.6 Å². The van der Waals surface area contributed by atoms with Crippen molar-refractivity contribution in [2.24, 2.45) is 0 Å². The topological polar surface area (TPSA) is 93.5 Å². The van der Waals surface area contributed by atoms with E-state index >= 15 is 0 Å². The van der Waals surface area contributed by atoms with Crippen LogP contribution in [0.5, 0.6) is 0 Å². The number of anilines is 1. The molecule has 0 spiro atoms. The zero-order chi connectivity index (χ0) is 24.6. The Kier molecular flexibility index (Phi) is 5.52. The number of hydrogen-bond donors (Lipinski definition) is 2. The molecule has 0 unspecified atom stereocenters. The summed E-state index contributed by atoms with van der Waals surface area (Å²) in [5.41, 5.74) is 5.34. The number of nitrogens with zero attached hydrogens (tertiary/aromatic N) is 2. The lowest BCUT2D eigenvalue weighted by atomic mass is 9.98. The number of carboxylic acid groups (broad SMARTS) is 1. The van der Waals surface area contributed by atoms with Crippen LogP contribution in [0, 0.1) is 0 Å². The first-order valence-corrected chi connectivity index (χ1v) is 12.1. The predicted octanol–water partition coefficient (Wildman–Crippen LogP) is 5.87. The molecule has 0 aliphatic heterocycles. The van der Waals surface area contributed by atoms with Crippen molar-refractivity contribution < 1.29 is 19.4 Å². The number of nitrogens with one attached hydrogen (secondary N) is 1. The smallest absolute Gasteiger partial charge is 0.412 e. The summed E-state index contributed by atoms with van der Waals surface area (Å²) in [5, 5.41) is 12.6. The monoisotopic (exact) mass is 479 g/mol. The average Bonchev–Trinajstić information content (AvgIpc) is 3.61. The SMILES string of the molecule is O=C(Nc1c(C(=O)O)nc(C2CC2)n1Cc1ccccc1)OCC1c2ccccc2-c2ccccc21. The lowest BCUT2D eigenvalue weighted by Gasteiger charge is -2.16. The van der Waals surface area contributed by atoms with Crippen LogP contribution < -0.4 is 5.32 Å². The second kappa shape index (κ2) is 9.00. The molecule has 3 aromatic carbocycles. The van der Waals surface area contributed by atoms with Crippen LogP contribution >= 0.6 is 0 Å². The van der Waals surface area contributed by atoms with Gasteiger partial charge in [0.1, 0.15) is 12.4 Å². The van der Waals surface area contributed by atoms with E-state index in [4.69, 9.17) is 4.74 Å². The molecule has 1 amide bonds. The van der Waals surface area contributed by atoms with E-state index in [1.807, 2.05) is 54.6 Å². The number of ether oxygens (including phenoxy) is 1. The zero-order valence-corrected chi connectivity index (χ0v) is 19.6. The lowest BCUT2D eigenvalue weighted by molar-refractivity contribution is 0.0692. The van der Waals surface area contributed by atoms with Gasteiger partial charge in [0.2, 0.25) is 0 Å². The Morgan fingerprint density at radius 1 is 0.917 bits per heavy atom. The summed E-state index contributed by atoms with van der Waals surface area (Å²) >= 11 is 0. The Labute approximate surface area is 208 Å². The Balaban J connectivity index is 1.26. The molecular weight excluding hydrogens is 454 g/mol. The molecular formula is C29H25N3O4. The van der Waals surface area contributed by atoms with Crippen LogP contribution in [0.1, 0.15) is 57.7 Å². The first kappa shape index (κ1) is 22.1. The molecule has 7 nitrogen and oxygen atoms in total. The molecule has 0 saturated heterocycles. The number of rotatable bonds is 7. The minimum absolute atomic E-state index is 0.0849.